The Hall–Kier alpha value is -2.18. The zero-order chi connectivity index (χ0) is 18.5. The van der Waals surface area contributed by atoms with Crippen molar-refractivity contribution in [1.29, 1.82) is 0 Å². The number of benzene rings is 1. The van der Waals surface area contributed by atoms with E-state index in [-0.39, 0.29) is 17.8 Å². The first-order valence-electron chi connectivity index (χ1n) is 8.70. The van der Waals surface area contributed by atoms with Crippen LogP contribution in [-0.4, -0.2) is 43.0 Å². The molecule has 1 fully saturated rings. The van der Waals surface area contributed by atoms with Crippen molar-refractivity contribution in [3.05, 3.63) is 51.7 Å². The van der Waals surface area contributed by atoms with Gasteiger partial charge in [0.1, 0.15) is 5.75 Å². The number of hydrogen-bond donors (Lipinski definition) is 0. The molecule has 1 aromatic carbocycles. The minimum absolute atomic E-state index is 0.0186. The van der Waals surface area contributed by atoms with Crippen LogP contribution in [0, 0.1) is 0 Å². The number of thiophene rings is 1. The van der Waals surface area contributed by atoms with Crippen molar-refractivity contribution in [1.82, 2.24) is 4.90 Å². The van der Waals surface area contributed by atoms with Crippen LogP contribution < -0.4 is 4.74 Å². The molecule has 0 N–H and O–H groups in total. The van der Waals surface area contributed by atoms with Gasteiger partial charge in [0.15, 0.2) is 5.78 Å². The molecule has 1 aromatic heterocycles. The summed E-state index contributed by atoms with van der Waals surface area (Å²) in [5, 5.41) is 1.76. The number of nitrogens with zero attached hydrogens (tertiary/aromatic N) is 1. The average molecular weight is 373 g/mol. The molecule has 1 aliphatic heterocycles. The Labute approximate surface area is 157 Å². The van der Waals surface area contributed by atoms with Gasteiger partial charge < -0.3 is 14.4 Å². The van der Waals surface area contributed by atoms with Gasteiger partial charge in [0.05, 0.1) is 23.7 Å². The fraction of sp³-hybridized carbons (Fsp3) is 0.400. The lowest BCUT2D eigenvalue weighted by atomic mass is 10.1. The summed E-state index contributed by atoms with van der Waals surface area (Å²) in [6.07, 6.45) is 2.07. The summed E-state index contributed by atoms with van der Waals surface area (Å²) in [6, 6.07) is 9.39. The van der Waals surface area contributed by atoms with Gasteiger partial charge in [-0.3, -0.25) is 9.59 Å². The smallest absolute Gasteiger partial charge is 0.255 e. The van der Waals surface area contributed by atoms with Crippen LogP contribution >= 0.6 is 11.3 Å². The maximum atomic E-state index is 13.0. The lowest BCUT2D eigenvalue weighted by molar-refractivity contribution is 0.0507. The van der Waals surface area contributed by atoms with Crippen LogP contribution in [0.3, 0.4) is 0 Å². The molecule has 1 unspecified atom stereocenters. The fourth-order valence-electron chi connectivity index (χ4n) is 3.02. The lowest BCUT2D eigenvalue weighted by Crippen LogP contribution is -2.36. The molecule has 26 heavy (non-hydrogen) atoms. The number of carbonyl (C=O) groups excluding carboxylic acids is 2. The normalized spacial score (nSPS) is 16.5. The second-order valence-electron chi connectivity index (χ2n) is 6.42. The second-order valence-corrected chi connectivity index (χ2v) is 7.34. The van der Waals surface area contributed by atoms with E-state index in [0.29, 0.717) is 23.5 Å². The van der Waals surface area contributed by atoms with Crippen LogP contribution in [0.2, 0.25) is 0 Å². The quantitative estimate of drug-likeness (QED) is 0.693. The molecular formula is C20H23NO4S. The molecule has 0 saturated carbocycles. The molecule has 2 aromatic rings. The number of Topliss-reactive ketones (excluding diaryl/α,β-unsaturated/α-hetero) is 1. The summed E-state index contributed by atoms with van der Waals surface area (Å²) in [5.74, 6) is 0.699. The largest absolute Gasteiger partial charge is 0.497 e. The minimum atomic E-state index is -0.0694. The zero-order valence-corrected chi connectivity index (χ0v) is 15.9. The maximum absolute atomic E-state index is 13.0. The molecule has 1 amide bonds. The van der Waals surface area contributed by atoms with Crippen molar-refractivity contribution in [2.45, 2.75) is 32.4 Å². The summed E-state index contributed by atoms with van der Waals surface area (Å²) >= 11 is 1.31. The van der Waals surface area contributed by atoms with Gasteiger partial charge in [-0.1, -0.05) is 12.1 Å². The standard InChI is InChI=1S/C20H23NO4S/c1-14(22)19-10-16(13-26-19)20(23)21(12-18-4-3-9-25-18)11-15-5-7-17(24-2)8-6-15/h5-8,10,13,18H,3-4,9,11-12H2,1-2H3. The molecule has 0 radical (unpaired) electrons. The van der Waals surface area contributed by atoms with E-state index in [9.17, 15) is 9.59 Å². The van der Waals surface area contributed by atoms with Crippen molar-refractivity contribution in [2.24, 2.45) is 0 Å². The maximum Gasteiger partial charge on any atom is 0.255 e. The van der Waals surface area contributed by atoms with Crippen molar-refractivity contribution in [2.75, 3.05) is 20.3 Å². The highest BCUT2D eigenvalue weighted by Crippen LogP contribution is 2.21. The minimum Gasteiger partial charge on any atom is -0.497 e. The Balaban J connectivity index is 1.78. The Morgan fingerprint density at radius 1 is 1.31 bits per heavy atom. The van der Waals surface area contributed by atoms with E-state index < -0.39 is 0 Å². The second kappa shape index (κ2) is 8.47. The summed E-state index contributed by atoms with van der Waals surface area (Å²) in [6.45, 7) is 3.31. The molecule has 1 saturated heterocycles. The van der Waals surface area contributed by atoms with Gasteiger partial charge in [-0.05, 0) is 43.5 Å². The molecular weight excluding hydrogens is 350 g/mol. The third kappa shape index (κ3) is 4.51. The van der Waals surface area contributed by atoms with Crippen molar-refractivity contribution >= 4 is 23.0 Å². The van der Waals surface area contributed by atoms with Crippen molar-refractivity contribution in [3.63, 3.8) is 0 Å². The molecule has 0 aliphatic carbocycles. The van der Waals surface area contributed by atoms with Gasteiger partial charge in [0.2, 0.25) is 0 Å². The molecule has 3 rings (SSSR count). The van der Waals surface area contributed by atoms with E-state index >= 15 is 0 Å². The van der Waals surface area contributed by atoms with Crippen LogP contribution in [0.5, 0.6) is 5.75 Å². The van der Waals surface area contributed by atoms with Gasteiger partial charge in [0, 0.05) is 25.1 Å². The van der Waals surface area contributed by atoms with Gasteiger partial charge in [-0.15, -0.1) is 11.3 Å². The third-order valence-corrected chi connectivity index (χ3v) is 5.49. The lowest BCUT2D eigenvalue weighted by Gasteiger charge is -2.25. The molecule has 1 aliphatic rings. The number of ether oxygens (including phenoxy) is 2. The summed E-state index contributed by atoms with van der Waals surface area (Å²) < 4.78 is 10.9. The number of methoxy groups -OCH3 is 1. The van der Waals surface area contributed by atoms with Gasteiger partial charge >= 0.3 is 0 Å². The van der Waals surface area contributed by atoms with Gasteiger partial charge in [-0.25, -0.2) is 0 Å². The summed E-state index contributed by atoms with van der Waals surface area (Å²) in [5.41, 5.74) is 1.59. The predicted octanol–water partition coefficient (Wildman–Crippen LogP) is 3.78. The first-order chi connectivity index (χ1) is 12.6. The molecule has 2 heterocycles. The SMILES string of the molecule is COc1ccc(CN(CC2CCCO2)C(=O)c2csc(C(C)=O)c2)cc1. The van der Waals surface area contributed by atoms with Crippen LogP contribution in [-0.2, 0) is 11.3 Å². The number of rotatable bonds is 7. The van der Waals surface area contributed by atoms with E-state index in [1.807, 2.05) is 29.2 Å². The molecule has 138 valence electrons. The first kappa shape index (κ1) is 18.6. The van der Waals surface area contributed by atoms with E-state index in [0.717, 1.165) is 30.8 Å². The van der Waals surface area contributed by atoms with Crippen LogP contribution in [0.15, 0.2) is 35.7 Å². The van der Waals surface area contributed by atoms with Crippen LogP contribution in [0.25, 0.3) is 0 Å². The van der Waals surface area contributed by atoms with Crippen LogP contribution in [0.4, 0.5) is 0 Å². The van der Waals surface area contributed by atoms with Gasteiger partial charge in [0.25, 0.3) is 5.91 Å². The van der Waals surface area contributed by atoms with E-state index in [1.54, 1.807) is 18.6 Å². The Kier molecular flexibility index (Phi) is 6.06. The monoisotopic (exact) mass is 373 g/mol. The Morgan fingerprint density at radius 3 is 2.65 bits per heavy atom. The zero-order valence-electron chi connectivity index (χ0n) is 15.1. The highest BCUT2D eigenvalue weighted by molar-refractivity contribution is 7.12. The van der Waals surface area contributed by atoms with E-state index in [2.05, 4.69) is 0 Å². The molecule has 0 bridgehead atoms. The van der Waals surface area contributed by atoms with E-state index in [4.69, 9.17) is 9.47 Å². The third-order valence-electron chi connectivity index (χ3n) is 4.46. The molecule has 5 nitrogen and oxygen atoms in total. The summed E-state index contributed by atoms with van der Waals surface area (Å²) in [7, 11) is 1.63. The Bertz CT molecular complexity index is 762. The highest BCUT2D eigenvalue weighted by Gasteiger charge is 2.24. The number of carbonyl (C=O) groups is 2. The number of hydrogen-bond acceptors (Lipinski definition) is 5. The summed E-state index contributed by atoms with van der Waals surface area (Å²) in [4.78, 5) is 27.0. The molecule has 1 atom stereocenters. The fourth-order valence-corrected chi connectivity index (χ4v) is 3.80. The van der Waals surface area contributed by atoms with E-state index in [1.165, 1.54) is 18.3 Å². The first-order valence-corrected chi connectivity index (χ1v) is 9.58. The number of amides is 1. The molecule has 6 heteroatoms. The van der Waals surface area contributed by atoms with Crippen molar-refractivity contribution < 1.29 is 19.1 Å². The van der Waals surface area contributed by atoms with Crippen LogP contribution in [0.1, 0.15) is 45.4 Å². The predicted molar refractivity (Wildman–Crippen MR) is 101 cm³/mol. The molecule has 0 spiro atoms. The topological polar surface area (TPSA) is 55.8 Å². The van der Waals surface area contributed by atoms with Crippen molar-refractivity contribution in [3.8, 4) is 5.75 Å². The average Bonchev–Trinajstić information content (AvgIpc) is 3.33. The number of ketones is 1. The highest BCUT2D eigenvalue weighted by atomic mass is 32.1. The van der Waals surface area contributed by atoms with Gasteiger partial charge in [-0.2, -0.15) is 0 Å². The Morgan fingerprint density at radius 2 is 2.08 bits per heavy atom.